The Morgan fingerprint density at radius 2 is 2.07 bits per heavy atom. The maximum Gasteiger partial charge on any atom is 0.421 e. The summed E-state index contributed by atoms with van der Waals surface area (Å²) in [6, 6.07) is 1.23. The maximum atomic E-state index is 12.4. The minimum absolute atomic E-state index is 0.240. The van der Waals surface area contributed by atoms with E-state index in [0.29, 0.717) is 11.3 Å². The van der Waals surface area contributed by atoms with Gasteiger partial charge in [-0.2, -0.15) is 13.2 Å². The minimum atomic E-state index is -4.45. The molecule has 0 amide bonds. The third kappa shape index (κ3) is 2.49. The molecule has 1 aromatic rings. The van der Waals surface area contributed by atoms with Gasteiger partial charge in [0.1, 0.15) is 11.3 Å². The van der Waals surface area contributed by atoms with Gasteiger partial charge in [0.05, 0.1) is 12.8 Å². The second kappa shape index (κ2) is 3.92. The molecule has 0 saturated carbocycles. The largest absolute Gasteiger partial charge is 0.496 e. The van der Waals surface area contributed by atoms with Crippen LogP contribution in [-0.4, -0.2) is 12.1 Å². The van der Waals surface area contributed by atoms with Crippen molar-refractivity contribution in [2.75, 3.05) is 7.11 Å². The van der Waals surface area contributed by atoms with Crippen molar-refractivity contribution in [1.29, 1.82) is 0 Å². The van der Waals surface area contributed by atoms with Crippen molar-refractivity contribution in [1.82, 2.24) is 4.98 Å². The topological polar surface area (TPSA) is 22.1 Å². The van der Waals surface area contributed by atoms with Crippen LogP contribution in [0, 0.1) is 0 Å². The van der Waals surface area contributed by atoms with Gasteiger partial charge in [-0.05, 0) is 12.5 Å². The molecule has 2 nitrogen and oxygen atoms in total. The highest BCUT2D eigenvalue weighted by molar-refractivity contribution is 5.59. The minimum Gasteiger partial charge on any atom is -0.496 e. The average molecular weight is 217 g/mol. The van der Waals surface area contributed by atoms with E-state index in [0.717, 1.165) is 6.20 Å². The Morgan fingerprint density at radius 3 is 2.47 bits per heavy atom. The lowest BCUT2D eigenvalue weighted by Crippen LogP contribution is -2.08. The number of nitrogens with zero attached hydrogens (tertiary/aromatic N) is 1. The summed E-state index contributed by atoms with van der Waals surface area (Å²) in [7, 11) is 1.19. The van der Waals surface area contributed by atoms with E-state index in [1.807, 2.05) is 0 Å². The van der Waals surface area contributed by atoms with E-state index in [2.05, 4.69) is 16.3 Å². The van der Waals surface area contributed by atoms with Crippen LogP contribution in [0.3, 0.4) is 0 Å². The predicted molar refractivity (Wildman–Crippen MR) is 50.5 cm³/mol. The SMILES string of the molecule is C=C(C)c1cc(OC)c(C(F)(F)F)cn1. The molecule has 1 aromatic heterocycles. The van der Waals surface area contributed by atoms with Crippen LogP contribution < -0.4 is 4.74 Å². The zero-order valence-corrected chi connectivity index (χ0v) is 8.35. The molecule has 0 N–H and O–H groups in total. The van der Waals surface area contributed by atoms with Gasteiger partial charge in [-0.1, -0.05) is 6.58 Å². The zero-order chi connectivity index (χ0) is 11.6. The second-order valence-electron chi connectivity index (χ2n) is 3.05. The standard InChI is InChI=1S/C10H10F3NO/c1-6(2)8-4-9(15-3)7(5-14-8)10(11,12)13/h4-5H,1H2,2-3H3. The van der Waals surface area contributed by atoms with Crippen molar-refractivity contribution < 1.29 is 17.9 Å². The van der Waals surface area contributed by atoms with Crippen molar-refractivity contribution in [3.8, 4) is 5.75 Å². The summed E-state index contributed by atoms with van der Waals surface area (Å²) in [6.45, 7) is 5.26. The lowest BCUT2D eigenvalue weighted by molar-refractivity contribution is -0.139. The lowest BCUT2D eigenvalue weighted by atomic mass is 10.1. The number of hydrogen-bond acceptors (Lipinski definition) is 2. The molecule has 0 spiro atoms. The number of halogens is 3. The third-order valence-electron chi connectivity index (χ3n) is 1.83. The number of allylic oxidation sites excluding steroid dienone is 1. The number of alkyl halides is 3. The monoisotopic (exact) mass is 217 g/mol. The first-order valence-corrected chi connectivity index (χ1v) is 4.13. The van der Waals surface area contributed by atoms with Crippen molar-refractivity contribution in [2.45, 2.75) is 13.1 Å². The van der Waals surface area contributed by atoms with Gasteiger partial charge in [0.15, 0.2) is 0 Å². The second-order valence-corrected chi connectivity index (χ2v) is 3.05. The van der Waals surface area contributed by atoms with Crippen molar-refractivity contribution in [2.24, 2.45) is 0 Å². The van der Waals surface area contributed by atoms with E-state index in [4.69, 9.17) is 0 Å². The van der Waals surface area contributed by atoms with E-state index >= 15 is 0 Å². The van der Waals surface area contributed by atoms with Crippen molar-refractivity contribution in [3.63, 3.8) is 0 Å². The van der Waals surface area contributed by atoms with Crippen LogP contribution in [0.4, 0.5) is 13.2 Å². The number of rotatable bonds is 2. The highest BCUT2D eigenvalue weighted by atomic mass is 19.4. The van der Waals surface area contributed by atoms with Crippen molar-refractivity contribution in [3.05, 3.63) is 30.1 Å². The fraction of sp³-hybridized carbons (Fsp3) is 0.300. The molecular weight excluding hydrogens is 207 g/mol. The van der Waals surface area contributed by atoms with Gasteiger partial charge in [0, 0.05) is 12.3 Å². The molecule has 0 aliphatic rings. The Labute approximate surface area is 85.4 Å². The quantitative estimate of drug-likeness (QED) is 0.759. The molecule has 15 heavy (non-hydrogen) atoms. The molecule has 0 fully saturated rings. The summed E-state index contributed by atoms with van der Waals surface area (Å²) >= 11 is 0. The van der Waals surface area contributed by atoms with Gasteiger partial charge in [-0.25, -0.2) is 0 Å². The molecule has 0 radical (unpaired) electrons. The van der Waals surface area contributed by atoms with Crippen LogP contribution in [-0.2, 0) is 6.18 Å². The number of ether oxygens (including phenoxy) is 1. The zero-order valence-electron chi connectivity index (χ0n) is 8.35. The van der Waals surface area contributed by atoms with Gasteiger partial charge in [0.25, 0.3) is 0 Å². The van der Waals surface area contributed by atoms with Crippen LogP contribution in [0.1, 0.15) is 18.2 Å². The van der Waals surface area contributed by atoms with E-state index in [-0.39, 0.29) is 5.75 Å². The Balaban J connectivity index is 3.27. The molecular formula is C10H10F3NO. The van der Waals surface area contributed by atoms with E-state index in [9.17, 15) is 13.2 Å². The third-order valence-corrected chi connectivity index (χ3v) is 1.83. The summed E-state index contributed by atoms with van der Waals surface area (Å²) in [6.07, 6.45) is -3.70. The molecule has 0 aromatic carbocycles. The number of methoxy groups -OCH3 is 1. The van der Waals surface area contributed by atoms with Crippen molar-refractivity contribution >= 4 is 5.57 Å². The molecule has 0 bridgehead atoms. The van der Waals surface area contributed by atoms with Crippen LogP contribution in [0.25, 0.3) is 5.57 Å². The highest BCUT2D eigenvalue weighted by Crippen LogP contribution is 2.36. The molecule has 0 unspecified atom stereocenters. The molecule has 1 heterocycles. The summed E-state index contributed by atoms with van der Waals surface area (Å²) in [5, 5.41) is 0. The Morgan fingerprint density at radius 1 is 1.47 bits per heavy atom. The molecule has 82 valence electrons. The van der Waals surface area contributed by atoms with Gasteiger partial charge >= 0.3 is 6.18 Å². The molecule has 0 aliphatic carbocycles. The Hall–Kier alpha value is -1.52. The number of hydrogen-bond donors (Lipinski definition) is 0. The number of aromatic nitrogens is 1. The first kappa shape index (κ1) is 11.6. The molecule has 5 heteroatoms. The average Bonchev–Trinajstić information content (AvgIpc) is 2.15. The van der Waals surface area contributed by atoms with Crippen LogP contribution >= 0.6 is 0 Å². The number of pyridine rings is 1. The van der Waals surface area contributed by atoms with E-state index in [1.54, 1.807) is 6.92 Å². The summed E-state index contributed by atoms with van der Waals surface area (Å²) < 4.78 is 41.9. The summed E-state index contributed by atoms with van der Waals surface area (Å²) in [4.78, 5) is 3.65. The normalized spacial score (nSPS) is 11.3. The molecule has 0 aliphatic heterocycles. The molecule has 0 saturated heterocycles. The Kier molecular flexibility index (Phi) is 3.02. The molecule has 0 atom stereocenters. The lowest BCUT2D eigenvalue weighted by Gasteiger charge is -2.12. The smallest absolute Gasteiger partial charge is 0.421 e. The highest BCUT2D eigenvalue weighted by Gasteiger charge is 2.34. The van der Waals surface area contributed by atoms with Crippen LogP contribution in [0.2, 0.25) is 0 Å². The van der Waals surface area contributed by atoms with Crippen LogP contribution in [0.5, 0.6) is 5.75 Å². The Bertz CT molecular complexity index is 385. The van der Waals surface area contributed by atoms with Gasteiger partial charge in [-0.3, -0.25) is 4.98 Å². The maximum absolute atomic E-state index is 12.4. The fourth-order valence-electron chi connectivity index (χ4n) is 1.05. The summed E-state index contributed by atoms with van der Waals surface area (Å²) in [5.74, 6) is -0.240. The van der Waals surface area contributed by atoms with Crippen LogP contribution in [0.15, 0.2) is 18.8 Å². The first-order chi connectivity index (χ1) is 6.86. The first-order valence-electron chi connectivity index (χ1n) is 4.13. The molecule has 1 rings (SSSR count). The van der Waals surface area contributed by atoms with Gasteiger partial charge < -0.3 is 4.74 Å². The van der Waals surface area contributed by atoms with Gasteiger partial charge in [0.2, 0.25) is 0 Å². The van der Waals surface area contributed by atoms with Gasteiger partial charge in [-0.15, -0.1) is 0 Å². The predicted octanol–water partition coefficient (Wildman–Crippen LogP) is 3.14. The van der Waals surface area contributed by atoms with E-state index in [1.165, 1.54) is 13.2 Å². The fourth-order valence-corrected chi connectivity index (χ4v) is 1.05. The van der Waals surface area contributed by atoms with E-state index < -0.39 is 11.7 Å². The summed E-state index contributed by atoms with van der Waals surface area (Å²) in [5.41, 5.74) is 0.0943.